The van der Waals surface area contributed by atoms with Crippen LogP contribution in [0.5, 0.6) is 0 Å². The van der Waals surface area contributed by atoms with Crippen LogP contribution < -0.4 is 0 Å². The van der Waals surface area contributed by atoms with Gasteiger partial charge in [0, 0.05) is 11.1 Å². The first-order chi connectivity index (χ1) is 18.3. The Labute approximate surface area is 230 Å². The van der Waals surface area contributed by atoms with E-state index < -0.39 is 0 Å². The van der Waals surface area contributed by atoms with Crippen LogP contribution in [0.25, 0.3) is 0 Å². The Morgan fingerprint density at radius 3 is 2.00 bits per heavy atom. The Morgan fingerprint density at radius 2 is 1.35 bits per heavy atom. The molecule has 1 fully saturated rings. The van der Waals surface area contributed by atoms with Gasteiger partial charge in [-0.05, 0) is 86.1 Å². The Balaban J connectivity index is 1.34. The lowest BCUT2D eigenvalue weighted by atomic mass is 9.77. The van der Waals surface area contributed by atoms with Gasteiger partial charge in [-0.25, -0.2) is 0 Å². The fourth-order valence-electron chi connectivity index (χ4n) is 6.00. The third-order valence-electron chi connectivity index (χ3n) is 8.54. The van der Waals surface area contributed by atoms with Gasteiger partial charge in [-0.1, -0.05) is 133 Å². The molecule has 0 nitrogen and oxygen atoms in total. The van der Waals surface area contributed by atoms with Crippen molar-refractivity contribution < 1.29 is 0 Å². The fourth-order valence-corrected chi connectivity index (χ4v) is 6.00. The maximum atomic E-state index is 3.40. The minimum Gasteiger partial charge on any atom is -0.0810 e. The summed E-state index contributed by atoms with van der Waals surface area (Å²) < 4.78 is 0. The van der Waals surface area contributed by atoms with Crippen molar-refractivity contribution in [3.63, 3.8) is 0 Å². The highest BCUT2D eigenvalue weighted by molar-refractivity contribution is 5.49. The van der Waals surface area contributed by atoms with Gasteiger partial charge in [0.15, 0.2) is 0 Å². The fraction of sp³-hybridized carbons (Fsp3) is 0.622. The van der Waals surface area contributed by atoms with Gasteiger partial charge in [0.25, 0.3) is 0 Å². The van der Waals surface area contributed by atoms with Gasteiger partial charge in [-0.3, -0.25) is 0 Å². The maximum absolute atomic E-state index is 3.40. The molecule has 1 aromatic rings. The summed E-state index contributed by atoms with van der Waals surface area (Å²) in [6, 6.07) is 9.17. The zero-order chi connectivity index (χ0) is 26.0. The van der Waals surface area contributed by atoms with Crippen molar-refractivity contribution in [3.8, 4) is 11.8 Å². The predicted octanol–water partition coefficient (Wildman–Crippen LogP) is 11.6. The van der Waals surface area contributed by atoms with Crippen LogP contribution in [-0.2, 0) is 0 Å². The molecule has 0 heteroatoms. The summed E-state index contributed by atoms with van der Waals surface area (Å²) in [7, 11) is 0. The van der Waals surface area contributed by atoms with Crippen molar-refractivity contribution in [2.45, 2.75) is 142 Å². The number of rotatable bonds is 15. The van der Waals surface area contributed by atoms with Crippen molar-refractivity contribution in [1.29, 1.82) is 0 Å². The van der Waals surface area contributed by atoms with Crippen LogP contribution in [0.4, 0.5) is 0 Å². The molecule has 202 valence electrons. The number of benzene rings is 1. The Hall–Kier alpha value is -2.00. The largest absolute Gasteiger partial charge is 0.0810 e. The molecule has 0 radical (unpaired) electrons. The van der Waals surface area contributed by atoms with E-state index in [-0.39, 0.29) is 0 Å². The molecule has 0 N–H and O–H groups in total. The van der Waals surface area contributed by atoms with Gasteiger partial charge in [0.05, 0.1) is 0 Å². The van der Waals surface area contributed by atoms with E-state index in [4.69, 9.17) is 0 Å². The monoisotopic (exact) mass is 498 g/mol. The summed E-state index contributed by atoms with van der Waals surface area (Å²) in [5.41, 5.74) is 5.27. The Morgan fingerprint density at radius 1 is 0.703 bits per heavy atom. The molecule has 0 spiro atoms. The molecule has 0 saturated heterocycles. The first-order valence-electron chi connectivity index (χ1n) is 16.0. The molecule has 0 amide bonds. The summed E-state index contributed by atoms with van der Waals surface area (Å²) in [6.45, 7) is 4.59. The standard InChI is InChI=1S/C37H54/c1-3-5-7-9-11-13-15-16-32-18-20-34(21-19-32)22-23-35-26-30-37(31-27-35)36-28-24-33(25-29-36)17-14-12-10-8-6-4-2/h16,18,20-21,26-27,30-31,33,36H,3-15,17,19,24-25,28-29H2,1-2H3. The van der Waals surface area contributed by atoms with Crippen molar-refractivity contribution in [1.82, 2.24) is 0 Å². The highest BCUT2D eigenvalue weighted by Crippen LogP contribution is 2.37. The molecule has 1 aromatic carbocycles. The van der Waals surface area contributed by atoms with Gasteiger partial charge in [-0.15, -0.1) is 0 Å². The zero-order valence-corrected chi connectivity index (χ0v) is 24.2. The SMILES string of the molecule is CCCCCCCCC=C1C=CC(C#Cc2ccc(C3CCC(CCCCCCCC)CC3)cc2)=CC1. The Bertz CT molecular complexity index is 890. The molecule has 0 aromatic heterocycles. The van der Waals surface area contributed by atoms with E-state index in [0.717, 1.165) is 29.4 Å². The summed E-state index contributed by atoms with van der Waals surface area (Å²) >= 11 is 0. The van der Waals surface area contributed by atoms with E-state index in [1.807, 2.05) is 0 Å². The van der Waals surface area contributed by atoms with Crippen LogP contribution in [0.2, 0.25) is 0 Å². The van der Waals surface area contributed by atoms with Crippen LogP contribution in [-0.4, -0.2) is 0 Å². The molecule has 2 aliphatic carbocycles. The van der Waals surface area contributed by atoms with E-state index in [2.05, 4.69) is 74.3 Å². The molecule has 0 heterocycles. The van der Waals surface area contributed by atoms with Crippen molar-refractivity contribution >= 4 is 0 Å². The van der Waals surface area contributed by atoms with E-state index in [1.54, 1.807) is 0 Å². The summed E-state index contributed by atoms with van der Waals surface area (Å²) in [6.07, 6.45) is 35.3. The van der Waals surface area contributed by atoms with E-state index in [9.17, 15) is 0 Å². The second kappa shape index (κ2) is 18.3. The molecule has 0 bridgehead atoms. The average molecular weight is 499 g/mol. The number of hydrogen-bond acceptors (Lipinski definition) is 0. The van der Waals surface area contributed by atoms with Gasteiger partial charge < -0.3 is 0 Å². The van der Waals surface area contributed by atoms with E-state index in [0.29, 0.717) is 0 Å². The predicted molar refractivity (Wildman–Crippen MR) is 164 cm³/mol. The zero-order valence-electron chi connectivity index (χ0n) is 24.2. The third-order valence-corrected chi connectivity index (χ3v) is 8.54. The molecule has 0 unspecified atom stereocenters. The highest BCUT2D eigenvalue weighted by atomic mass is 14.3. The first-order valence-corrected chi connectivity index (χ1v) is 16.0. The lowest BCUT2D eigenvalue weighted by Gasteiger charge is -2.29. The third kappa shape index (κ3) is 11.9. The molecular weight excluding hydrogens is 444 g/mol. The summed E-state index contributed by atoms with van der Waals surface area (Å²) in [4.78, 5) is 0. The van der Waals surface area contributed by atoms with Crippen LogP contribution in [0.3, 0.4) is 0 Å². The van der Waals surface area contributed by atoms with Gasteiger partial charge >= 0.3 is 0 Å². The second-order valence-electron chi connectivity index (χ2n) is 11.7. The van der Waals surface area contributed by atoms with Gasteiger partial charge in [0.1, 0.15) is 0 Å². The topological polar surface area (TPSA) is 0 Å². The van der Waals surface area contributed by atoms with Crippen molar-refractivity contribution in [2.24, 2.45) is 5.92 Å². The van der Waals surface area contributed by atoms with Crippen molar-refractivity contribution in [3.05, 3.63) is 70.8 Å². The Kier molecular flexibility index (Phi) is 14.6. The van der Waals surface area contributed by atoms with Crippen LogP contribution in [0, 0.1) is 17.8 Å². The van der Waals surface area contributed by atoms with Gasteiger partial charge in [0.2, 0.25) is 0 Å². The number of hydrogen-bond donors (Lipinski definition) is 0. The van der Waals surface area contributed by atoms with Crippen LogP contribution >= 0.6 is 0 Å². The minimum absolute atomic E-state index is 0.758. The van der Waals surface area contributed by atoms with Crippen molar-refractivity contribution in [2.75, 3.05) is 0 Å². The molecule has 1 saturated carbocycles. The normalized spacial score (nSPS) is 20.5. The van der Waals surface area contributed by atoms with Crippen LogP contribution in [0.1, 0.15) is 153 Å². The quantitative estimate of drug-likeness (QED) is 0.167. The second-order valence-corrected chi connectivity index (χ2v) is 11.7. The maximum Gasteiger partial charge on any atom is 0.0249 e. The van der Waals surface area contributed by atoms with E-state index in [1.165, 1.54) is 127 Å². The summed E-state index contributed by atoms with van der Waals surface area (Å²) in [5, 5.41) is 0. The highest BCUT2D eigenvalue weighted by Gasteiger charge is 2.21. The molecule has 37 heavy (non-hydrogen) atoms. The molecule has 3 rings (SSSR count). The van der Waals surface area contributed by atoms with Crippen LogP contribution in [0.15, 0.2) is 59.7 Å². The van der Waals surface area contributed by atoms with E-state index >= 15 is 0 Å². The smallest absolute Gasteiger partial charge is 0.0249 e. The average Bonchev–Trinajstić information content (AvgIpc) is 2.94. The first kappa shape index (κ1) is 29.6. The molecular formula is C37H54. The number of unbranched alkanes of at least 4 members (excludes halogenated alkanes) is 11. The lowest BCUT2D eigenvalue weighted by molar-refractivity contribution is 0.302. The van der Waals surface area contributed by atoms with Gasteiger partial charge in [-0.2, -0.15) is 0 Å². The molecule has 2 aliphatic rings. The lowest BCUT2D eigenvalue weighted by Crippen LogP contribution is -2.13. The molecule has 0 aliphatic heterocycles. The minimum atomic E-state index is 0.758. The number of allylic oxidation sites excluding steroid dienone is 6. The summed E-state index contributed by atoms with van der Waals surface area (Å²) in [5.74, 6) is 8.53. The molecule has 0 atom stereocenters.